The molecule has 3 nitrogen and oxygen atoms in total. The third kappa shape index (κ3) is 3.77. The lowest BCUT2D eigenvalue weighted by Gasteiger charge is -2.21. The van der Waals surface area contributed by atoms with Crippen molar-refractivity contribution in [3.05, 3.63) is 21.9 Å². The first-order valence-corrected chi connectivity index (χ1v) is 5.86. The second-order valence-electron chi connectivity index (χ2n) is 4.30. The normalized spacial score (nSPS) is 10.8. The Morgan fingerprint density at radius 1 is 1.56 bits per heavy atom. The molecule has 0 fully saturated rings. The fourth-order valence-corrected chi connectivity index (χ4v) is 1.92. The number of halogens is 1. The molecule has 5 heteroatoms. The lowest BCUT2D eigenvalue weighted by atomic mass is 9.93. The number of carbonyl (C=O) groups excluding carboxylic acids is 1. The molecule has 0 aromatic carbocycles. The van der Waals surface area contributed by atoms with Crippen molar-refractivity contribution < 1.29 is 4.79 Å². The highest BCUT2D eigenvalue weighted by molar-refractivity contribution is 7.10. The molecule has 0 unspecified atom stereocenters. The summed E-state index contributed by atoms with van der Waals surface area (Å²) in [7, 11) is 0. The second-order valence-corrected chi connectivity index (χ2v) is 5.30. The molecule has 0 aliphatic rings. The van der Waals surface area contributed by atoms with Crippen molar-refractivity contribution in [2.45, 2.75) is 27.3 Å². The summed E-state index contributed by atoms with van der Waals surface area (Å²) in [6, 6.07) is 2.06. The van der Waals surface area contributed by atoms with Crippen LogP contribution in [0.25, 0.3) is 0 Å². The van der Waals surface area contributed by atoms with Gasteiger partial charge in [0, 0.05) is 11.4 Å². The average Bonchev–Trinajstić information content (AvgIpc) is 2.60. The molecular formula is C11H19ClN2OS. The van der Waals surface area contributed by atoms with Crippen LogP contribution in [0, 0.1) is 12.3 Å². The van der Waals surface area contributed by atoms with E-state index in [1.807, 2.05) is 26.2 Å². The van der Waals surface area contributed by atoms with E-state index in [1.165, 1.54) is 10.4 Å². The highest BCUT2D eigenvalue weighted by atomic mass is 35.5. The number of nitrogens with two attached hydrogens (primary N) is 1. The highest BCUT2D eigenvalue weighted by Crippen LogP contribution is 2.17. The fourth-order valence-electron chi connectivity index (χ4n) is 1.08. The van der Waals surface area contributed by atoms with E-state index in [0.29, 0.717) is 13.1 Å². The van der Waals surface area contributed by atoms with Crippen molar-refractivity contribution in [3.63, 3.8) is 0 Å². The molecule has 0 aliphatic carbocycles. The largest absolute Gasteiger partial charge is 0.351 e. The third-order valence-corrected chi connectivity index (χ3v) is 3.53. The fraction of sp³-hybridized carbons (Fsp3) is 0.545. The van der Waals surface area contributed by atoms with E-state index < -0.39 is 5.41 Å². The number of rotatable bonds is 4. The van der Waals surface area contributed by atoms with Gasteiger partial charge >= 0.3 is 0 Å². The Bertz CT molecular complexity index is 350. The summed E-state index contributed by atoms with van der Waals surface area (Å²) in [4.78, 5) is 12.9. The zero-order chi connectivity index (χ0) is 11.5. The maximum absolute atomic E-state index is 11.7. The van der Waals surface area contributed by atoms with Crippen molar-refractivity contribution in [1.29, 1.82) is 0 Å². The van der Waals surface area contributed by atoms with Gasteiger partial charge in [0.1, 0.15) is 0 Å². The van der Waals surface area contributed by atoms with Crippen molar-refractivity contribution >= 4 is 29.7 Å². The number of carbonyl (C=O) groups is 1. The van der Waals surface area contributed by atoms with E-state index in [2.05, 4.69) is 11.4 Å². The minimum Gasteiger partial charge on any atom is -0.351 e. The van der Waals surface area contributed by atoms with Gasteiger partial charge in [-0.05, 0) is 37.8 Å². The molecule has 0 atom stereocenters. The molecule has 0 aliphatic heterocycles. The van der Waals surface area contributed by atoms with Gasteiger partial charge < -0.3 is 11.1 Å². The molecule has 92 valence electrons. The zero-order valence-corrected chi connectivity index (χ0v) is 11.5. The summed E-state index contributed by atoms with van der Waals surface area (Å²) in [5, 5.41) is 4.94. The Kier molecular flexibility index (Phi) is 6.00. The first-order chi connectivity index (χ1) is 6.97. The van der Waals surface area contributed by atoms with Crippen LogP contribution in [0.3, 0.4) is 0 Å². The third-order valence-electron chi connectivity index (χ3n) is 2.50. The Balaban J connectivity index is 0.00000225. The number of thiophene rings is 1. The lowest BCUT2D eigenvalue weighted by molar-refractivity contribution is -0.129. The summed E-state index contributed by atoms with van der Waals surface area (Å²) >= 11 is 1.66. The molecule has 1 amide bonds. The quantitative estimate of drug-likeness (QED) is 0.873. The first-order valence-electron chi connectivity index (χ1n) is 4.98. The molecule has 0 radical (unpaired) electrons. The summed E-state index contributed by atoms with van der Waals surface area (Å²) < 4.78 is 0. The Morgan fingerprint density at radius 3 is 2.62 bits per heavy atom. The van der Waals surface area contributed by atoms with Crippen LogP contribution >= 0.6 is 23.7 Å². The number of amides is 1. The molecule has 0 bridgehead atoms. The Morgan fingerprint density at radius 2 is 2.19 bits per heavy atom. The molecular weight excluding hydrogens is 244 g/mol. The first kappa shape index (κ1) is 15.4. The minimum atomic E-state index is -0.481. The van der Waals surface area contributed by atoms with Crippen LogP contribution in [0.4, 0.5) is 0 Å². The predicted molar refractivity (Wildman–Crippen MR) is 71.0 cm³/mol. The van der Waals surface area contributed by atoms with E-state index in [9.17, 15) is 4.79 Å². The van der Waals surface area contributed by atoms with Crippen molar-refractivity contribution in [3.8, 4) is 0 Å². The monoisotopic (exact) mass is 262 g/mol. The van der Waals surface area contributed by atoms with Crippen molar-refractivity contribution in [2.24, 2.45) is 11.1 Å². The SMILES string of the molecule is Cc1ccsc1CNC(=O)C(C)(C)CN.Cl. The van der Waals surface area contributed by atoms with Gasteiger partial charge in [-0.15, -0.1) is 23.7 Å². The lowest BCUT2D eigenvalue weighted by Crippen LogP contribution is -2.41. The molecule has 1 heterocycles. The Labute approximate surface area is 107 Å². The topological polar surface area (TPSA) is 55.1 Å². The standard InChI is InChI=1S/C11H18N2OS.ClH/c1-8-4-5-15-9(8)6-13-10(14)11(2,3)7-12;/h4-5H,6-7,12H2,1-3H3,(H,13,14);1H. The summed E-state index contributed by atoms with van der Waals surface area (Å²) in [5.41, 5.74) is 6.27. The van der Waals surface area contributed by atoms with Gasteiger partial charge in [-0.25, -0.2) is 0 Å². The van der Waals surface area contributed by atoms with Crippen LogP contribution in [0.5, 0.6) is 0 Å². The number of aryl methyl sites for hydroxylation is 1. The van der Waals surface area contributed by atoms with Gasteiger partial charge in [-0.1, -0.05) is 0 Å². The summed E-state index contributed by atoms with van der Waals surface area (Å²) in [6.45, 7) is 6.72. The van der Waals surface area contributed by atoms with Crippen LogP contribution < -0.4 is 11.1 Å². The predicted octanol–water partition coefficient (Wildman–Crippen LogP) is 2.08. The van der Waals surface area contributed by atoms with Crippen LogP contribution in [-0.4, -0.2) is 12.5 Å². The zero-order valence-electron chi connectivity index (χ0n) is 9.87. The van der Waals surface area contributed by atoms with E-state index in [0.717, 1.165) is 0 Å². The molecule has 1 aromatic rings. The van der Waals surface area contributed by atoms with Crippen molar-refractivity contribution in [1.82, 2.24) is 5.32 Å². The van der Waals surface area contributed by atoms with Gasteiger partial charge in [0.05, 0.1) is 12.0 Å². The van der Waals surface area contributed by atoms with Crippen LogP contribution in [-0.2, 0) is 11.3 Å². The van der Waals surface area contributed by atoms with E-state index >= 15 is 0 Å². The molecule has 3 N–H and O–H groups in total. The van der Waals surface area contributed by atoms with Gasteiger partial charge in [-0.3, -0.25) is 4.79 Å². The van der Waals surface area contributed by atoms with Crippen molar-refractivity contribution in [2.75, 3.05) is 6.54 Å². The van der Waals surface area contributed by atoms with E-state index in [-0.39, 0.29) is 18.3 Å². The van der Waals surface area contributed by atoms with E-state index in [4.69, 9.17) is 5.73 Å². The summed E-state index contributed by atoms with van der Waals surface area (Å²) in [6.07, 6.45) is 0. The smallest absolute Gasteiger partial charge is 0.227 e. The van der Waals surface area contributed by atoms with Crippen LogP contribution in [0.15, 0.2) is 11.4 Å². The maximum atomic E-state index is 11.7. The Hall–Kier alpha value is -0.580. The molecule has 16 heavy (non-hydrogen) atoms. The molecule has 0 saturated carbocycles. The highest BCUT2D eigenvalue weighted by Gasteiger charge is 2.25. The van der Waals surface area contributed by atoms with Crippen LogP contribution in [0.2, 0.25) is 0 Å². The summed E-state index contributed by atoms with van der Waals surface area (Å²) in [5.74, 6) is 0.0119. The average molecular weight is 263 g/mol. The number of nitrogens with one attached hydrogen (secondary N) is 1. The molecule has 0 saturated heterocycles. The number of hydrogen-bond acceptors (Lipinski definition) is 3. The second kappa shape index (κ2) is 6.23. The van der Waals surface area contributed by atoms with Gasteiger partial charge in [0.2, 0.25) is 5.91 Å². The van der Waals surface area contributed by atoms with Gasteiger partial charge in [-0.2, -0.15) is 0 Å². The number of hydrogen-bond donors (Lipinski definition) is 2. The molecule has 0 spiro atoms. The molecule has 1 rings (SSSR count). The van der Waals surface area contributed by atoms with E-state index in [1.54, 1.807) is 11.3 Å². The van der Waals surface area contributed by atoms with Gasteiger partial charge in [0.25, 0.3) is 0 Å². The van der Waals surface area contributed by atoms with Crippen LogP contribution in [0.1, 0.15) is 24.3 Å². The maximum Gasteiger partial charge on any atom is 0.227 e. The minimum absolute atomic E-state index is 0. The van der Waals surface area contributed by atoms with Gasteiger partial charge in [0.15, 0.2) is 0 Å². The molecule has 1 aromatic heterocycles.